The van der Waals surface area contributed by atoms with E-state index in [1.807, 2.05) is 49.0 Å². The van der Waals surface area contributed by atoms with E-state index in [4.69, 9.17) is 40.0 Å². The van der Waals surface area contributed by atoms with E-state index in [-0.39, 0.29) is 84.2 Å². The third-order valence-corrected chi connectivity index (χ3v) is 12.8. The summed E-state index contributed by atoms with van der Waals surface area (Å²) in [7, 11) is 4.94. The predicted molar refractivity (Wildman–Crippen MR) is 199 cm³/mol. The number of hydrogen-bond acceptors (Lipinski definition) is 10. The van der Waals surface area contributed by atoms with E-state index in [1.165, 1.54) is 0 Å². The third kappa shape index (κ3) is 7.67. The second-order valence-corrected chi connectivity index (χ2v) is 16.1. The standard InChI is InChI=1S/C41H54ClN3O8/c1-7-26-14-9-8-11-22(2)37(47)33-18-29-28-16-27(53-41-40(50-6)39(49-5)38(48-4)23(3)51-41)17-32(28)35(19-30(29)31(33)20-36(46)52-26)45-21-34(43-44-45)24-12-10-13-25(42)15-24/h10,12-13,15,18-19,21-23,26-32,38-41H,7-9,11,14,16-17,20H2,1-6H3/t22-,23?,26+,27+,28+,29?,30-,31+,32?,38?,39?,40?,41?/m1/s1. The lowest BCUT2D eigenvalue weighted by Gasteiger charge is -2.44. The molecule has 0 amide bonds. The molecule has 2 saturated heterocycles. The number of Topliss-reactive ketones (excluding diaryl/α,β-unsaturated/α-hetero) is 1. The minimum absolute atomic E-state index is 0.0401. The maximum Gasteiger partial charge on any atom is 0.306 e. The Bertz CT molecular complexity index is 1690. The summed E-state index contributed by atoms with van der Waals surface area (Å²) in [6.45, 7) is 6.07. The average Bonchev–Trinajstić information content (AvgIpc) is 3.89. The van der Waals surface area contributed by atoms with Crippen molar-refractivity contribution in [1.82, 2.24) is 15.0 Å². The summed E-state index contributed by atoms with van der Waals surface area (Å²) in [5.41, 5.74) is 3.35. The highest BCUT2D eigenvalue weighted by atomic mass is 35.5. The molecule has 0 spiro atoms. The predicted octanol–water partition coefficient (Wildman–Crippen LogP) is 6.93. The fourth-order valence-electron chi connectivity index (χ4n) is 9.81. The third-order valence-electron chi connectivity index (χ3n) is 12.5. The number of esters is 1. The number of aromatic nitrogens is 3. The van der Waals surface area contributed by atoms with E-state index < -0.39 is 12.4 Å². The molecule has 1 saturated carbocycles. The summed E-state index contributed by atoms with van der Waals surface area (Å²) in [5, 5.41) is 9.83. The summed E-state index contributed by atoms with van der Waals surface area (Å²) in [5.74, 6) is -0.383. The maximum atomic E-state index is 14.2. The molecule has 7 rings (SSSR count). The molecule has 1 aromatic heterocycles. The first-order chi connectivity index (χ1) is 25.6. The fraction of sp³-hybridized carbons (Fsp3) is 0.659. The van der Waals surface area contributed by atoms with Gasteiger partial charge in [-0.3, -0.25) is 9.59 Å². The zero-order chi connectivity index (χ0) is 37.4. The highest BCUT2D eigenvalue weighted by Crippen LogP contribution is 2.57. The summed E-state index contributed by atoms with van der Waals surface area (Å²) in [6.07, 6.45) is 9.90. The Morgan fingerprint density at radius 3 is 2.45 bits per heavy atom. The molecule has 0 N–H and O–H groups in total. The molecule has 2 aromatic rings. The van der Waals surface area contributed by atoms with Crippen LogP contribution in [-0.4, -0.2) is 91.0 Å². The van der Waals surface area contributed by atoms with Crippen molar-refractivity contribution in [2.24, 2.45) is 35.5 Å². The lowest BCUT2D eigenvalue weighted by atomic mass is 9.69. The summed E-state index contributed by atoms with van der Waals surface area (Å²) in [4.78, 5) is 27.8. The summed E-state index contributed by atoms with van der Waals surface area (Å²) >= 11 is 6.34. The number of allylic oxidation sites excluding steroid dienone is 4. The normalized spacial score (nSPS) is 37.8. The summed E-state index contributed by atoms with van der Waals surface area (Å²) < 4.78 is 38.6. The lowest BCUT2D eigenvalue weighted by molar-refractivity contribution is -0.314. The molecule has 7 unspecified atom stereocenters. The topological polar surface area (TPSA) is 120 Å². The first-order valence-electron chi connectivity index (χ1n) is 19.4. The largest absolute Gasteiger partial charge is 0.462 e. The number of nitrogens with zero attached hydrogens (tertiary/aromatic N) is 3. The Hall–Kier alpha value is -2.93. The van der Waals surface area contributed by atoms with E-state index in [1.54, 1.807) is 21.3 Å². The molecule has 12 heteroatoms. The molecule has 0 radical (unpaired) electrons. The van der Waals surface area contributed by atoms with Gasteiger partial charge >= 0.3 is 5.97 Å². The van der Waals surface area contributed by atoms with Gasteiger partial charge in [0.1, 0.15) is 30.1 Å². The van der Waals surface area contributed by atoms with Gasteiger partial charge in [0, 0.05) is 55.4 Å². The number of hydrogen-bond donors (Lipinski definition) is 0. The number of ether oxygens (including phenoxy) is 6. The van der Waals surface area contributed by atoms with Gasteiger partial charge in [0.2, 0.25) is 0 Å². The van der Waals surface area contributed by atoms with Crippen molar-refractivity contribution in [3.05, 3.63) is 53.2 Å². The average molecular weight is 752 g/mol. The second kappa shape index (κ2) is 16.4. The van der Waals surface area contributed by atoms with Gasteiger partial charge in [0.15, 0.2) is 12.1 Å². The molecule has 13 atom stereocenters. The van der Waals surface area contributed by atoms with E-state index in [2.05, 4.69) is 29.4 Å². The molecular formula is C41H54ClN3O8. The maximum absolute atomic E-state index is 14.2. The number of benzene rings is 1. The van der Waals surface area contributed by atoms with Crippen LogP contribution in [0.5, 0.6) is 0 Å². The van der Waals surface area contributed by atoms with Gasteiger partial charge in [0.05, 0.1) is 24.8 Å². The molecule has 3 heterocycles. The zero-order valence-electron chi connectivity index (χ0n) is 31.7. The highest BCUT2D eigenvalue weighted by molar-refractivity contribution is 6.30. The lowest BCUT2D eigenvalue weighted by Crippen LogP contribution is -2.59. The van der Waals surface area contributed by atoms with Crippen LogP contribution >= 0.6 is 11.6 Å². The Kier molecular flexibility index (Phi) is 11.9. The Balaban J connectivity index is 1.24. The number of methoxy groups -OCH3 is 3. The van der Waals surface area contributed by atoms with E-state index in [0.29, 0.717) is 17.1 Å². The van der Waals surface area contributed by atoms with Gasteiger partial charge < -0.3 is 28.4 Å². The van der Waals surface area contributed by atoms with Crippen LogP contribution in [0.3, 0.4) is 0 Å². The Labute approximate surface area is 317 Å². The number of rotatable bonds is 8. The molecule has 3 fully saturated rings. The minimum Gasteiger partial charge on any atom is -0.462 e. The monoisotopic (exact) mass is 751 g/mol. The molecule has 53 heavy (non-hydrogen) atoms. The van der Waals surface area contributed by atoms with Crippen LogP contribution in [-0.2, 0) is 38.0 Å². The number of cyclic esters (lactones) is 1. The number of carbonyl (C=O) groups is 2. The Morgan fingerprint density at radius 1 is 0.943 bits per heavy atom. The van der Waals surface area contributed by atoms with Crippen molar-refractivity contribution in [3.8, 4) is 11.3 Å². The van der Waals surface area contributed by atoms with Crippen LogP contribution in [0.4, 0.5) is 0 Å². The van der Waals surface area contributed by atoms with Crippen LogP contribution in [0.1, 0.15) is 72.1 Å². The minimum atomic E-state index is -0.666. The summed E-state index contributed by atoms with van der Waals surface area (Å²) in [6, 6.07) is 7.58. The van der Waals surface area contributed by atoms with Crippen molar-refractivity contribution in [2.45, 2.75) is 115 Å². The van der Waals surface area contributed by atoms with E-state index in [9.17, 15) is 9.59 Å². The molecule has 5 aliphatic rings. The zero-order valence-corrected chi connectivity index (χ0v) is 32.4. The van der Waals surface area contributed by atoms with Crippen molar-refractivity contribution in [2.75, 3.05) is 21.3 Å². The number of halogens is 1. The number of ketones is 1. The van der Waals surface area contributed by atoms with E-state index >= 15 is 0 Å². The molecule has 1 aromatic carbocycles. The molecular weight excluding hydrogens is 698 g/mol. The van der Waals surface area contributed by atoms with Gasteiger partial charge in [-0.2, -0.15) is 0 Å². The van der Waals surface area contributed by atoms with Crippen LogP contribution < -0.4 is 0 Å². The van der Waals surface area contributed by atoms with Gasteiger partial charge in [-0.1, -0.05) is 61.4 Å². The quantitative estimate of drug-likeness (QED) is 0.263. The first kappa shape index (κ1) is 38.3. The molecule has 3 aliphatic carbocycles. The second-order valence-electron chi connectivity index (χ2n) is 15.6. The smallest absolute Gasteiger partial charge is 0.306 e. The molecule has 288 valence electrons. The first-order valence-corrected chi connectivity index (χ1v) is 19.8. The van der Waals surface area contributed by atoms with E-state index in [0.717, 1.165) is 55.4 Å². The molecule has 11 nitrogen and oxygen atoms in total. The van der Waals surface area contributed by atoms with Crippen molar-refractivity contribution in [1.29, 1.82) is 0 Å². The van der Waals surface area contributed by atoms with Crippen molar-refractivity contribution < 1.29 is 38.0 Å². The molecule has 2 aliphatic heterocycles. The van der Waals surface area contributed by atoms with Gasteiger partial charge in [-0.25, -0.2) is 4.68 Å². The fourth-order valence-corrected chi connectivity index (χ4v) is 10.0. The van der Waals surface area contributed by atoms with Gasteiger partial charge in [-0.15, -0.1) is 5.10 Å². The number of fused-ring (bicyclic) bond motifs is 5. The van der Waals surface area contributed by atoms with Crippen LogP contribution in [0.25, 0.3) is 17.0 Å². The highest BCUT2D eigenvalue weighted by Gasteiger charge is 2.54. The van der Waals surface area contributed by atoms with Gasteiger partial charge in [0.25, 0.3) is 0 Å². The Morgan fingerprint density at radius 2 is 1.72 bits per heavy atom. The van der Waals surface area contributed by atoms with Gasteiger partial charge in [-0.05, 0) is 80.9 Å². The van der Waals surface area contributed by atoms with Crippen LogP contribution in [0.2, 0.25) is 5.02 Å². The number of carbonyl (C=O) groups excluding carboxylic acids is 2. The van der Waals surface area contributed by atoms with Crippen LogP contribution in [0.15, 0.2) is 48.2 Å². The SMILES string of the molecule is CC[C@H]1CCCC[C@@H](C)C(=O)C2=CC3[C@@H]4C[C@H](OC5OC(C)C(OC)C(OC)C5OC)CC4C(n4cc(-c5cccc(Cl)c5)nn4)=C[C@H]3[C@@H]2CC(=O)O1. The van der Waals surface area contributed by atoms with Crippen molar-refractivity contribution >= 4 is 29.1 Å². The molecule has 0 bridgehead atoms. The van der Waals surface area contributed by atoms with Crippen molar-refractivity contribution in [3.63, 3.8) is 0 Å². The van der Waals surface area contributed by atoms with Crippen LogP contribution in [0, 0.1) is 35.5 Å².